The summed E-state index contributed by atoms with van der Waals surface area (Å²) < 4.78 is 0. The van der Waals surface area contributed by atoms with Crippen LogP contribution in [-0.4, -0.2) is 47.3 Å². The lowest BCUT2D eigenvalue weighted by atomic mass is 10.3. The second-order valence-electron chi connectivity index (χ2n) is 3.04. The number of aliphatic carboxylic acids is 1. The van der Waals surface area contributed by atoms with E-state index in [4.69, 9.17) is 15.9 Å². The molecule has 0 saturated carbocycles. The fourth-order valence-corrected chi connectivity index (χ4v) is 0.859. The molecule has 92 valence electrons. The Morgan fingerprint density at radius 2 is 1.94 bits per heavy atom. The Balaban J connectivity index is 3.73. The van der Waals surface area contributed by atoms with Crippen LogP contribution in [0, 0.1) is 0 Å². The van der Waals surface area contributed by atoms with Crippen molar-refractivity contribution in [2.24, 2.45) is 5.73 Å². The molecule has 0 aliphatic rings. The highest BCUT2D eigenvalue weighted by Crippen LogP contribution is 1.86. The van der Waals surface area contributed by atoms with E-state index in [1.807, 2.05) is 5.32 Å². The SMILES string of the molecule is NC(=O)CCCNC(=O)N[C@@H](CO)C(=O)O. The zero-order valence-electron chi connectivity index (χ0n) is 8.60. The molecule has 0 heterocycles. The molecule has 8 heteroatoms. The molecule has 16 heavy (non-hydrogen) atoms. The number of carbonyl (C=O) groups is 3. The minimum Gasteiger partial charge on any atom is -0.480 e. The number of nitrogens with one attached hydrogen (secondary N) is 2. The van der Waals surface area contributed by atoms with Crippen molar-refractivity contribution in [3.05, 3.63) is 0 Å². The Bertz CT molecular complexity index is 268. The highest BCUT2D eigenvalue weighted by atomic mass is 16.4. The van der Waals surface area contributed by atoms with Crippen LogP contribution < -0.4 is 16.4 Å². The Morgan fingerprint density at radius 3 is 2.38 bits per heavy atom. The van der Waals surface area contributed by atoms with Gasteiger partial charge in [0.2, 0.25) is 5.91 Å². The molecule has 6 N–H and O–H groups in total. The molecule has 0 unspecified atom stereocenters. The summed E-state index contributed by atoms with van der Waals surface area (Å²) in [6.45, 7) is -0.490. The van der Waals surface area contributed by atoms with Crippen LogP contribution in [-0.2, 0) is 9.59 Å². The highest BCUT2D eigenvalue weighted by molar-refractivity contribution is 5.82. The third-order valence-corrected chi connectivity index (χ3v) is 1.67. The number of urea groups is 1. The fourth-order valence-electron chi connectivity index (χ4n) is 0.859. The molecular formula is C8H15N3O5. The van der Waals surface area contributed by atoms with Crippen LogP contribution in [0.1, 0.15) is 12.8 Å². The van der Waals surface area contributed by atoms with Gasteiger partial charge in [-0.25, -0.2) is 9.59 Å². The van der Waals surface area contributed by atoms with Gasteiger partial charge in [0.1, 0.15) is 0 Å². The predicted octanol–water partition coefficient (Wildman–Crippen LogP) is -2.00. The summed E-state index contributed by atoms with van der Waals surface area (Å²) in [7, 11) is 0. The van der Waals surface area contributed by atoms with Crippen molar-refractivity contribution in [1.82, 2.24) is 10.6 Å². The number of carbonyl (C=O) groups excluding carboxylic acids is 2. The first-order valence-corrected chi connectivity index (χ1v) is 4.63. The zero-order chi connectivity index (χ0) is 12.6. The smallest absolute Gasteiger partial charge is 0.328 e. The van der Waals surface area contributed by atoms with Gasteiger partial charge in [0.25, 0.3) is 0 Å². The molecule has 0 aromatic rings. The van der Waals surface area contributed by atoms with Crippen LogP contribution in [0.25, 0.3) is 0 Å². The van der Waals surface area contributed by atoms with Crippen molar-refractivity contribution in [3.8, 4) is 0 Å². The summed E-state index contributed by atoms with van der Waals surface area (Å²) in [5, 5.41) is 21.5. The highest BCUT2D eigenvalue weighted by Gasteiger charge is 2.17. The van der Waals surface area contributed by atoms with E-state index in [9.17, 15) is 14.4 Å². The van der Waals surface area contributed by atoms with Crippen molar-refractivity contribution in [3.63, 3.8) is 0 Å². The molecule has 0 bridgehead atoms. The summed E-state index contributed by atoms with van der Waals surface area (Å²) in [4.78, 5) is 31.8. The first kappa shape index (κ1) is 14.2. The van der Waals surface area contributed by atoms with Crippen LogP contribution in [0.5, 0.6) is 0 Å². The number of aliphatic hydroxyl groups excluding tert-OH is 1. The van der Waals surface area contributed by atoms with Crippen molar-refractivity contribution in [1.29, 1.82) is 0 Å². The molecule has 0 aliphatic carbocycles. The molecule has 1 atom stereocenters. The van der Waals surface area contributed by atoms with E-state index in [1.165, 1.54) is 0 Å². The normalized spacial score (nSPS) is 11.6. The number of hydrogen-bond donors (Lipinski definition) is 5. The van der Waals surface area contributed by atoms with E-state index in [1.54, 1.807) is 0 Å². The summed E-state index contributed by atoms with van der Waals surface area (Å²) in [6, 6.07) is -2.05. The van der Waals surface area contributed by atoms with Gasteiger partial charge in [-0.05, 0) is 6.42 Å². The van der Waals surface area contributed by atoms with Crippen molar-refractivity contribution in [2.75, 3.05) is 13.2 Å². The van der Waals surface area contributed by atoms with Gasteiger partial charge >= 0.3 is 12.0 Å². The third-order valence-electron chi connectivity index (χ3n) is 1.67. The molecule has 0 rings (SSSR count). The molecule has 0 spiro atoms. The number of hydrogen-bond acceptors (Lipinski definition) is 4. The number of carboxylic acids is 1. The Morgan fingerprint density at radius 1 is 1.31 bits per heavy atom. The Hall–Kier alpha value is -1.83. The average molecular weight is 233 g/mol. The molecule has 0 fully saturated rings. The van der Waals surface area contributed by atoms with E-state index in [0.29, 0.717) is 6.42 Å². The fraction of sp³-hybridized carbons (Fsp3) is 0.625. The van der Waals surface area contributed by atoms with Crippen molar-refractivity contribution >= 4 is 17.9 Å². The largest absolute Gasteiger partial charge is 0.480 e. The van der Waals surface area contributed by atoms with Gasteiger partial charge in [-0.1, -0.05) is 0 Å². The molecule has 3 amide bonds. The molecule has 0 aromatic carbocycles. The second kappa shape index (κ2) is 7.46. The second-order valence-corrected chi connectivity index (χ2v) is 3.04. The van der Waals surface area contributed by atoms with E-state index in [0.717, 1.165) is 0 Å². The van der Waals surface area contributed by atoms with Crippen molar-refractivity contribution < 1.29 is 24.6 Å². The topological polar surface area (TPSA) is 142 Å². The number of amides is 3. The molecule has 0 radical (unpaired) electrons. The lowest BCUT2D eigenvalue weighted by Gasteiger charge is -2.12. The lowest BCUT2D eigenvalue weighted by Crippen LogP contribution is -2.48. The van der Waals surface area contributed by atoms with E-state index in [-0.39, 0.29) is 13.0 Å². The molecule has 8 nitrogen and oxygen atoms in total. The van der Waals surface area contributed by atoms with E-state index >= 15 is 0 Å². The first-order chi connectivity index (χ1) is 7.47. The van der Waals surface area contributed by atoms with Crippen molar-refractivity contribution in [2.45, 2.75) is 18.9 Å². The third kappa shape index (κ3) is 6.60. The van der Waals surface area contributed by atoms with Crippen LogP contribution in [0.2, 0.25) is 0 Å². The number of nitrogens with two attached hydrogens (primary N) is 1. The molecule has 0 aliphatic heterocycles. The quantitative estimate of drug-likeness (QED) is 0.323. The zero-order valence-corrected chi connectivity index (χ0v) is 8.60. The Labute approximate surface area is 91.8 Å². The van der Waals surface area contributed by atoms with Gasteiger partial charge in [-0.3, -0.25) is 4.79 Å². The van der Waals surface area contributed by atoms with Gasteiger partial charge < -0.3 is 26.6 Å². The number of primary amides is 1. The number of rotatable bonds is 7. The summed E-state index contributed by atoms with van der Waals surface area (Å²) in [5.74, 6) is -1.80. The first-order valence-electron chi connectivity index (χ1n) is 4.63. The maximum Gasteiger partial charge on any atom is 0.328 e. The maximum atomic E-state index is 11.0. The van der Waals surface area contributed by atoms with Crippen LogP contribution in [0.15, 0.2) is 0 Å². The predicted molar refractivity (Wildman–Crippen MR) is 53.5 cm³/mol. The maximum absolute atomic E-state index is 11.0. The molecular weight excluding hydrogens is 218 g/mol. The lowest BCUT2D eigenvalue weighted by molar-refractivity contribution is -0.140. The van der Waals surface area contributed by atoms with E-state index < -0.39 is 30.6 Å². The Kier molecular flexibility index (Phi) is 6.61. The van der Waals surface area contributed by atoms with Gasteiger partial charge in [0.05, 0.1) is 6.61 Å². The number of carboxylic acid groups (broad SMARTS) is 1. The summed E-state index contributed by atoms with van der Waals surface area (Å²) >= 11 is 0. The summed E-state index contributed by atoms with van der Waals surface area (Å²) in [5.41, 5.74) is 4.87. The van der Waals surface area contributed by atoms with Crippen LogP contribution >= 0.6 is 0 Å². The minimum absolute atomic E-state index is 0.142. The minimum atomic E-state index is -1.34. The van der Waals surface area contributed by atoms with Gasteiger partial charge in [0, 0.05) is 13.0 Å². The van der Waals surface area contributed by atoms with Crippen LogP contribution in [0.3, 0.4) is 0 Å². The van der Waals surface area contributed by atoms with E-state index in [2.05, 4.69) is 5.32 Å². The molecule has 0 saturated heterocycles. The van der Waals surface area contributed by atoms with Crippen LogP contribution in [0.4, 0.5) is 4.79 Å². The average Bonchev–Trinajstić information content (AvgIpc) is 2.20. The monoisotopic (exact) mass is 233 g/mol. The van der Waals surface area contributed by atoms with Gasteiger partial charge in [-0.15, -0.1) is 0 Å². The van der Waals surface area contributed by atoms with Gasteiger partial charge in [-0.2, -0.15) is 0 Å². The standard InChI is InChI=1S/C8H15N3O5/c9-6(13)2-1-3-10-8(16)11-5(4-12)7(14)15/h5,12H,1-4H2,(H2,9,13)(H,14,15)(H2,10,11,16)/t5-/m0/s1. The molecule has 0 aromatic heterocycles. The summed E-state index contributed by atoms with van der Waals surface area (Å²) in [6.07, 6.45) is 0.516. The number of aliphatic hydroxyl groups is 1. The van der Waals surface area contributed by atoms with Gasteiger partial charge in [0.15, 0.2) is 6.04 Å².